The lowest BCUT2D eigenvalue weighted by molar-refractivity contribution is 0.122. The maximum absolute atomic E-state index is 5.49. The van der Waals surface area contributed by atoms with Crippen molar-refractivity contribution in [3.8, 4) is 11.4 Å². The van der Waals surface area contributed by atoms with E-state index in [0.717, 1.165) is 69.8 Å². The van der Waals surface area contributed by atoms with E-state index in [9.17, 15) is 0 Å². The van der Waals surface area contributed by atoms with Crippen LogP contribution in [-0.4, -0.2) is 46.2 Å². The number of aryl methyl sites for hydroxylation is 1. The Hall–Kier alpha value is -2.51. The molecule has 0 saturated carbocycles. The Morgan fingerprint density at radius 3 is 2.88 bits per heavy atom. The van der Waals surface area contributed by atoms with Crippen molar-refractivity contribution in [1.82, 2.24) is 19.9 Å². The van der Waals surface area contributed by atoms with Crippen LogP contribution in [-0.2, 0) is 4.74 Å². The number of nitrogens with one attached hydrogen (secondary N) is 1. The Balaban J connectivity index is 1.75. The smallest absolute Gasteiger partial charge is 0.163 e. The van der Waals surface area contributed by atoms with Crippen molar-refractivity contribution in [3.05, 3.63) is 35.5 Å². The van der Waals surface area contributed by atoms with Crippen LogP contribution >= 0.6 is 11.3 Å². The van der Waals surface area contributed by atoms with Gasteiger partial charge in [-0.25, -0.2) is 15.0 Å². The van der Waals surface area contributed by atoms with E-state index in [1.807, 2.05) is 19.2 Å². The van der Waals surface area contributed by atoms with Gasteiger partial charge >= 0.3 is 0 Å². The van der Waals surface area contributed by atoms with Gasteiger partial charge in [0, 0.05) is 35.8 Å². The van der Waals surface area contributed by atoms with Crippen molar-refractivity contribution >= 4 is 38.4 Å². The average Bonchev–Trinajstić information content (AvgIpc) is 3.26. The summed E-state index contributed by atoms with van der Waals surface area (Å²) < 4.78 is 5.49. The summed E-state index contributed by atoms with van der Waals surface area (Å²) in [5.74, 6) is 1.67. The second-order valence-corrected chi connectivity index (χ2v) is 7.28. The lowest BCUT2D eigenvalue weighted by Crippen LogP contribution is -2.37. The lowest BCUT2D eigenvalue weighted by Gasteiger charge is -2.28. The number of morpholine rings is 1. The minimum atomic E-state index is 0.720. The summed E-state index contributed by atoms with van der Waals surface area (Å²) in [6, 6.07) is 8.25. The predicted octanol–water partition coefficient (Wildman–Crippen LogP) is 3.38. The van der Waals surface area contributed by atoms with Gasteiger partial charge in [-0.2, -0.15) is 0 Å². The first-order valence-electron chi connectivity index (χ1n) is 8.34. The number of H-pyrrole nitrogens is 1. The van der Waals surface area contributed by atoms with Gasteiger partial charge in [-0.05, 0) is 19.1 Å². The molecule has 0 amide bonds. The molecule has 0 unspecified atom stereocenters. The zero-order valence-corrected chi connectivity index (χ0v) is 14.6. The molecule has 5 rings (SSSR count). The number of fused-ring (bicyclic) bond motifs is 2. The molecule has 1 aliphatic rings. The van der Waals surface area contributed by atoms with Crippen molar-refractivity contribution in [2.75, 3.05) is 31.2 Å². The van der Waals surface area contributed by atoms with Crippen molar-refractivity contribution in [1.29, 1.82) is 0 Å². The molecule has 4 aromatic rings. The number of hydrogen-bond donors (Lipinski definition) is 1. The van der Waals surface area contributed by atoms with E-state index < -0.39 is 0 Å². The summed E-state index contributed by atoms with van der Waals surface area (Å²) in [6.45, 7) is 5.11. The molecule has 0 radical (unpaired) electrons. The van der Waals surface area contributed by atoms with Crippen LogP contribution in [0.4, 0.5) is 5.82 Å². The van der Waals surface area contributed by atoms with Gasteiger partial charge in [0.05, 0.1) is 18.2 Å². The van der Waals surface area contributed by atoms with E-state index in [1.165, 1.54) is 0 Å². The molecule has 1 N–H and O–H groups in total. The third kappa shape index (κ3) is 2.47. The van der Waals surface area contributed by atoms with Gasteiger partial charge in [-0.3, -0.25) is 0 Å². The fourth-order valence-corrected chi connectivity index (χ4v) is 4.09. The molecular formula is C18H17N5OS. The summed E-state index contributed by atoms with van der Waals surface area (Å²) in [5, 5.41) is 2.15. The normalized spacial score (nSPS) is 15.3. The molecule has 0 bridgehead atoms. The minimum Gasteiger partial charge on any atom is -0.378 e. The molecule has 1 aliphatic heterocycles. The topological polar surface area (TPSA) is 66.9 Å². The standard InChI is InChI=1S/C18H17N5OS/c1-11-20-15-17(23-7-9-24-10-8-23)21-16(22-18(15)25-11)13-3-2-4-14-12(13)5-6-19-14/h2-6,19H,7-10H2,1H3. The van der Waals surface area contributed by atoms with E-state index in [4.69, 9.17) is 14.7 Å². The fourth-order valence-electron chi connectivity index (χ4n) is 3.31. The molecule has 1 saturated heterocycles. The van der Waals surface area contributed by atoms with Crippen LogP contribution in [0.5, 0.6) is 0 Å². The molecule has 1 aromatic carbocycles. The number of anilines is 1. The third-order valence-corrected chi connectivity index (χ3v) is 5.36. The summed E-state index contributed by atoms with van der Waals surface area (Å²) in [4.78, 5) is 20.9. The van der Waals surface area contributed by atoms with Gasteiger partial charge in [0.25, 0.3) is 0 Å². The molecule has 126 valence electrons. The first-order chi connectivity index (χ1) is 12.3. The number of thiazole rings is 1. The largest absolute Gasteiger partial charge is 0.378 e. The zero-order valence-electron chi connectivity index (χ0n) is 13.8. The highest BCUT2D eigenvalue weighted by atomic mass is 32.1. The molecule has 6 nitrogen and oxygen atoms in total. The highest BCUT2D eigenvalue weighted by Crippen LogP contribution is 2.33. The number of aromatic nitrogens is 4. The van der Waals surface area contributed by atoms with Crippen molar-refractivity contribution in [2.45, 2.75) is 6.92 Å². The second kappa shape index (κ2) is 5.79. The highest BCUT2D eigenvalue weighted by molar-refractivity contribution is 7.18. The maximum atomic E-state index is 5.49. The molecule has 7 heteroatoms. The molecule has 0 aliphatic carbocycles. The number of nitrogens with zero attached hydrogens (tertiary/aromatic N) is 4. The average molecular weight is 351 g/mol. The van der Waals surface area contributed by atoms with Gasteiger partial charge in [0.2, 0.25) is 0 Å². The first kappa shape index (κ1) is 14.8. The van der Waals surface area contributed by atoms with Crippen LogP contribution in [0, 0.1) is 6.92 Å². The van der Waals surface area contributed by atoms with E-state index in [2.05, 4.69) is 33.1 Å². The molecular weight excluding hydrogens is 334 g/mol. The highest BCUT2D eigenvalue weighted by Gasteiger charge is 2.21. The minimum absolute atomic E-state index is 0.720. The Labute approximate surface area is 148 Å². The third-order valence-electron chi connectivity index (χ3n) is 4.49. The number of ether oxygens (including phenoxy) is 1. The van der Waals surface area contributed by atoms with Gasteiger partial charge in [0.15, 0.2) is 11.6 Å². The fraction of sp³-hybridized carbons (Fsp3) is 0.278. The van der Waals surface area contributed by atoms with Crippen LogP contribution < -0.4 is 4.90 Å². The SMILES string of the molecule is Cc1nc2c(N3CCOCC3)nc(-c3cccc4[nH]ccc34)nc2s1. The van der Waals surface area contributed by atoms with Crippen LogP contribution in [0.1, 0.15) is 5.01 Å². The van der Waals surface area contributed by atoms with Crippen LogP contribution in [0.3, 0.4) is 0 Å². The quantitative estimate of drug-likeness (QED) is 0.600. The lowest BCUT2D eigenvalue weighted by atomic mass is 10.1. The Kier molecular flexibility index (Phi) is 3.43. The van der Waals surface area contributed by atoms with Gasteiger partial charge in [-0.15, -0.1) is 0 Å². The monoisotopic (exact) mass is 351 g/mol. The summed E-state index contributed by atoms with van der Waals surface area (Å²) in [5.41, 5.74) is 3.03. The Morgan fingerprint density at radius 1 is 1.12 bits per heavy atom. The van der Waals surface area contributed by atoms with Crippen LogP contribution in [0.2, 0.25) is 0 Å². The first-order valence-corrected chi connectivity index (χ1v) is 9.15. The van der Waals surface area contributed by atoms with Crippen molar-refractivity contribution < 1.29 is 4.74 Å². The summed E-state index contributed by atoms with van der Waals surface area (Å²) in [7, 11) is 0. The second-order valence-electron chi connectivity index (χ2n) is 6.10. The van der Waals surface area contributed by atoms with Crippen molar-refractivity contribution in [2.24, 2.45) is 0 Å². The molecule has 4 heterocycles. The van der Waals surface area contributed by atoms with E-state index in [0.29, 0.717) is 0 Å². The van der Waals surface area contributed by atoms with Gasteiger partial charge < -0.3 is 14.6 Å². The Bertz CT molecular complexity index is 1060. The van der Waals surface area contributed by atoms with E-state index in [-0.39, 0.29) is 0 Å². The number of rotatable bonds is 2. The molecule has 0 spiro atoms. The summed E-state index contributed by atoms with van der Waals surface area (Å²) >= 11 is 1.62. The predicted molar refractivity (Wildman–Crippen MR) is 100 cm³/mol. The number of benzene rings is 1. The van der Waals surface area contributed by atoms with Crippen molar-refractivity contribution in [3.63, 3.8) is 0 Å². The molecule has 25 heavy (non-hydrogen) atoms. The van der Waals surface area contributed by atoms with Gasteiger partial charge in [0.1, 0.15) is 10.3 Å². The van der Waals surface area contributed by atoms with E-state index >= 15 is 0 Å². The summed E-state index contributed by atoms with van der Waals surface area (Å²) in [6.07, 6.45) is 1.95. The molecule has 1 fully saturated rings. The zero-order chi connectivity index (χ0) is 16.8. The maximum Gasteiger partial charge on any atom is 0.163 e. The number of hydrogen-bond acceptors (Lipinski definition) is 6. The molecule has 3 aromatic heterocycles. The van der Waals surface area contributed by atoms with Crippen LogP contribution in [0.15, 0.2) is 30.5 Å². The van der Waals surface area contributed by atoms with Gasteiger partial charge in [-0.1, -0.05) is 23.5 Å². The molecule has 0 atom stereocenters. The number of aromatic amines is 1. The van der Waals surface area contributed by atoms with E-state index in [1.54, 1.807) is 11.3 Å². The van der Waals surface area contributed by atoms with Crippen LogP contribution in [0.25, 0.3) is 32.6 Å². The Morgan fingerprint density at radius 2 is 2.00 bits per heavy atom.